The Bertz CT molecular complexity index is 398. The van der Waals surface area contributed by atoms with Gasteiger partial charge >= 0.3 is 0 Å². The first kappa shape index (κ1) is 10.8. The van der Waals surface area contributed by atoms with Crippen LogP contribution in [0.1, 0.15) is 36.6 Å². The maximum absolute atomic E-state index is 10.8. The Kier molecular flexibility index (Phi) is 2.39. The molecule has 16 heavy (non-hydrogen) atoms. The number of rotatable bonds is 2. The number of hydrogen-bond acceptors (Lipinski definition) is 3. The van der Waals surface area contributed by atoms with Crippen molar-refractivity contribution in [1.82, 2.24) is 4.90 Å². The van der Waals surface area contributed by atoms with Crippen molar-refractivity contribution < 1.29 is 5.11 Å². The molecule has 0 amide bonds. The maximum Gasteiger partial charge on any atom is 0.105 e. The number of hydrogen-bond donors (Lipinski definition) is 1. The molecule has 0 spiro atoms. The minimum absolute atomic E-state index is 0.526. The van der Waals surface area contributed by atoms with Crippen LogP contribution in [0.2, 0.25) is 0 Å². The van der Waals surface area contributed by atoms with Crippen molar-refractivity contribution in [2.45, 2.75) is 50.8 Å². The molecule has 1 aliphatic heterocycles. The van der Waals surface area contributed by atoms with Gasteiger partial charge in [0, 0.05) is 23.5 Å². The lowest BCUT2D eigenvalue weighted by molar-refractivity contribution is 0.0455. The molecule has 0 bridgehead atoms. The van der Waals surface area contributed by atoms with E-state index in [-0.39, 0.29) is 0 Å². The second kappa shape index (κ2) is 3.56. The Labute approximate surface area is 101 Å². The second-order valence-electron chi connectivity index (χ2n) is 5.43. The van der Waals surface area contributed by atoms with Crippen LogP contribution in [0.5, 0.6) is 0 Å². The molecule has 1 aromatic heterocycles. The van der Waals surface area contributed by atoms with Crippen LogP contribution in [-0.2, 0) is 5.60 Å². The van der Waals surface area contributed by atoms with Gasteiger partial charge in [-0.25, -0.2) is 0 Å². The first-order valence-corrected chi connectivity index (χ1v) is 7.00. The van der Waals surface area contributed by atoms with Crippen LogP contribution < -0.4 is 0 Å². The highest BCUT2D eigenvalue weighted by molar-refractivity contribution is 7.10. The lowest BCUT2D eigenvalue weighted by atomic mass is 9.94. The number of nitrogens with zero attached hydrogens (tertiary/aromatic N) is 1. The summed E-state index contributed by atoms with van der Waals surface area (Å²) in [5.41, 5.74) is 0.539. The van der Waals surface area contributed by atoms with Crippen molar-refractivity contribution in [2.24, 2.45) is 0 Å². The molecule has 3 rings (SSSR count). The SMILES string of the molecule is Cc1cc(C2(O)CC(C)N(C3CC3)C2)cs1. The summed E-state index contributed by atoms with van der Waals surface area (Å²) in [5, 5.41) is 12.9. The van der Waals surface area contributed by atoms with Crippen LogP contribution in [0, 0.1) is 6.92 Å². The Morgan fingerprint density at radius 3 is 2.81 bits per heavy atom. The van der Waals surface area contributed by atoms with E-state index in [9.17, 15) is 5.11 Å². The fraction of sp³-hybridized carbons (Fsp3) is 0.692. The highest BCUT2D eigenvalue weighted by Crippen LogP contribution is 2.42. The third-order valence-electron chi connectivity index (χ3n) is 3.93. The van der Waals surface area contributed by atoms with E-state index in [4.69, 9.17) is 0 Å². The van der Waals surface area contributed by atoms with Crippen molar-refractivity contribution in [3.63, 3.8) is 0 Å². The van der Waals surface area contributed by atoms with E-state index in [1.54, 1.807) is 11.3 Å². The Hall–Kier alpha value is -0.380. The molecule has 1 aromatic rings. The van der Waals surface area contributed by atoms with E-state index in [1.165, 1.54) is 17.7 Å². The lowest BCUT2D eigenvalue weighted by Gasteiger charge is -2.23. The molecule has 1 saturated carbocycles. The van der Waals surface area contributed by atoms with Gasteiger partial charge in [0.25, 0.3) is 0 Å². The largest absolute Gasteiger partial charge is 0.384 e. The standard InChI is InChI=1S/C13H19NOS/c1-9-6-13(15,8-14(9)12-3-4-12)11-5-10(2)16-7-11/h5,7,9,12,15H,3-4,6,8H2,1-2H3. The molecule has 1 saturated heterocycles. The number of likely N-dealkylation sites (tertiary alicyclic amines) is 1. The first-order chi connectivity index (χ1) is 7.58. The molecule has 2 nitrogen and oxygen atoms in total. The van der Waals surface area contributed by atoms with Crippen LogP contribution in [0.25, 0.3) is 0 Å². The van der Waals surface area contributed by atoms with Crippen LogP contribution in [-0.4, -0.2) is 28.6 Å². The molecule has 2 unspecified atom stereocenters. The van der Waals surface area contributed by atoms with Gasteiger partial charge in [0.05, 0.1) is 0 Å². The lowest BCUT2D eigenvalue weighted by Crippen LogP contribution is -2.33. The average Bonchev–Trinajstić information content (AvgIpc) is 2.89. The van der Waals surface area contributed by atoms with Gasteiger partial charge in [0.2, 0.25) is 0 Å². The highest BCUT2D eigenvalue weighted by atomic mass is 32.1. The molecule has 0 radical (unpaired) electrons. The van der Waals surface area contributed by atoms with E-state index < -0.39 is 5.60 Å². The normalized spacial score (nSPS) is 35.8. The zero-order chi connectivity index (χ0) is 11.3. The summed E-state index contributed by atoms with van der Waals surface area (Å²) >= 11 is 1.74. The van der Waals surface area contributed by atoms with Crippen LogP contribution in [0.3, 0.4) is 0 Å². The van der Waals surface area contributed by atoms with E-state index >= 15 is 0 Å². The van der Waals surface area contributed by atoms with E-state index in [0.29, 0.717) is 6.04 Å². The van der Waals surface area contributed by atoms with Crippen molar-refractivity contribution in [3.8, 4) is 0 Å². The third-order valence-corrected chi connectivity index (χ3v) is 4.79. The minimum atomic E-state index is -0.591. The van der Waals surface area contributed by atoms with Gasteiger partial charge in [-0.1, -0.05) is 0 Å². The van der Waals surface area contributed by atoms with E-state index in [1.807, 2.05) is 0 Å². The molecule has 0 aromatic carbocycles. The van der Waals surface area contributed by atoms with E-state index in [2.05, 4.69) is 30.2 Å². The summed E-state index contributed by atoms with van der Waals surface area (Å²) in [6.07, 6.45) is 3.53. The predicted octanol–water partition coefficient (Wildman–Crippen LogP) is 2.50. The van der Waals surface area contributed by atoms with Crippen molar-refractivity contribution in [3.05, 3.63) is 21.9 Å². The first-order valence-electron chi connectivity index (χ1n) is 6.12. The topological polar surface area (TPSA) is 23.5 Å². The fourth-order valence-electron chi connectivity index (χ4n) is 2.92. The van der Waals surface area contributed by atoms with Gasteiger partial charge in [0.1, 0.15) is 5.60 Å². The van der Waals surface area contributed by atoms with Crippen molar-refractivity contribution in [2.75, 3.05) is 6.54 Å². The quantitative estimate of drug-likeness (QED) is 0.854. The van der Waals surface area contributed by atoms with Crippen molar-refractivity contribution >= 4 is 11.3 Å². The summed E-state index contributed by atoms with van der Waals surface area (Å²) in [6, 6.07) is 3.43. The number of thiophene rings is 1. The Morgan fingerprint density at radius 1 is 1.50 bits per heavy atom. The highest BCUT2D eigenvalue weighted by Gasteiger charge is 2.47. The minimum Gasteiger partial charge on any atom is -0.384 e. The molecule has 88 valence electrons. The van der Waals surface area contributed by atoms with Gasteiger partial charge in [-0.15, -0.1) is 11.3 Å². The van der Waals surface area contributed by atoms with Crippen LogP contribution in [0.4, 0.5) is 0 Å². The zero-order valence-corrected chi connectivity index (χ0v) is 10.8. The number of β-amino-alcohol motifs (C(OH)–C–C–N with tert-alkyl or cyclic N) is 1. The van der Waals surface area contributed by atoms with Gasteiger partial charge in [-0.3, -0.25) is 4.90 Å². The summed E-state index contributed by atoms with van der Waals surface area (Å²) in [7, 11) is 0. The molecule has 2 aliphatic rings. The van der Waals surface area contributed by atoms with Gasteiger partial charge in [0.15, 0.2) is 0 Å². The molecular formula is C13H19NOS. The number of aryl methyl sites for hydroxylation is 1. The summed E-state index contributed by atoms with van der Waals surface area (Å²) in [6.45, 7) is 5.18. The Morgan fingerprint density at radius 2 is 2.25 bits per heavy atom. The molecule has 2 fully saturated rings. The van der Waals surface area contributed by atoms with Gasteiger partial charge in [-0.2, -0.15) is 0 Å². The van der Waals surface area contributed by atoms with E-state index in [0.717, 1.165) is 24.6 Å². The van der Waals surface area contributed by atoms with Gasteiger partial charge < -0.3 is 5.11 Å². The Balaban J connectivity index is 1.84. The molecule has 1 aliphatic carbocycles. The van der Waals surface area contributed by atoms with Crippen molar-refractivity contribution in [1.29, 1.82) is 0 Å². The monoisotopic (exact) mass is 237 g/mol. The summed E-state index contributed by atoms with van der Waals surface area (Å²) in [5.74, 6) is 0. The summed E-state index contributed by atoms with van der Waals surface area (Å²) in [4.78, 5) is 3.79. The number of aliphatic hydroxyl groups is 1. The van der Waals surface area contributed by atoms with Crippen LogP contribution in [0.15, 0.2) is 11.4 Å². The van der Waals surface area contributed by atoms with Crippen LogP contribution >= 0.6 is 11.3 Å². The second-order valence-corrected chi connectivity index (χ2v) is 6.55. The predicted molar refractivity (Wildman–Crippen MR) is 66.8 cm³/mol. The van der Waals surface area contributed by atoms with Gasteiger partial charge in [-0.05, 0) is 50.1 Å². The summed E-state index contributed by atoms with van der Waals surface area (Å²) < 4.78 is 0. The average molecular weight is 237 g/mol. The molecule has 1 N–H and O–H groups in total. The molecular weight excluding hydrogens is 218 g/mol. The molecule has 2 atom stereocenters. The molecule has 2 heterocycles. The maximum atomic E-state index is 10.8. The zero-order valence-electron chi connectivity index (χ0n) is 9.94. The fourth-order valence-corrected chi connectivity index (χ4v) is 3.72. The molecule has 3 heteroatoms. The smallest absolute Gasteiger partial charge is 0.105 e. The third kappa shape index (κ3) is 1.71.